The van der Waals surface area contributed by atoms with Crippen molar-refractivity contribution < 1.29 is 81.4 Å². The molecule has 102 heavy (non-hydrogen) atoms. The van der Waals surface area contributed by atoms with Crippen molar-refractivity contribution in [3.05, 3.63) is 154 Å². The van der Waals surface area contributed by atoms with Crippen LogP contribution in [0.15, 0.2) is 120 Å². The smallest absolute Gasteiger partial charge is 0.414 e. The van der Waals surface area contributed by atoms with Gasteiger partial charge >= 0.3 is 12.1 Å². The van der Waals surface area contributed by atoms with E-state index >= 15 is 0 Å². The molecule has 0 spiro atoms. The van der Waals surface area contributed by atoms with Crippen molar-refractivity contribution in [2.75, 3.05) is 92.8 Å². The SMILES string of the molecule is COCCOCCOCCNc1cc(COc2cc3c(cc2OC)C(=O)N2c4ccccc4C[C@H]2C/C=N\3)cc(COc2cc3c(cc2OC)C(=O)N2c4ccccc4CC2CN3C(=O)OCc2ccc(NC(=O)[C@H](CCC(N)=O)NC(=O)C(C#CC(C)C)NC(=O)CCCCC(=O)O)cc2)c1. The second-order valence-corrected chi connectivity index (χ2v) is 25.1. The molecule has 2 unspecified atom stereocenters. The predicted molar refractivity (Wildman–Crippen MR) is 381 cm³/mol. The summed E-state index contributed by atoms with van der Waals surface area (Å²) in [7, 11) is 4.60. The molecule has 26 nitrogen and oxygen atoms in total. The second-order valence-electron chi connectivity index (χ2n) is 25.1. The number of nitrogens with two attached hydrogens (primary N) is 1. The number of unbranched alkanes of at least 4 members (excludes halogenated alkanes) is 1. The van der Waals surface area contributed by atoms with Crippen LogP contribution in [0.2, 0.25) is 0 Å². The standard InChI is InChI=1S/C76H85N9O17/c1-47(2)18-23-59(81-70(87)16-10-11-17-71(88)89)73(91)82-60(24-25-69(77)86)72(90)80-53-21-19-48(20-22-53)44-102-76(94)83-43-56-38-52-13-7-9-15-63(52)85(56)75(93)58-40-66(97-5)68(42-64(58)83)101-46-50-34-49(35-54(36-50)78-28-29-98-32-33-99-31-30-95-3)45-100-67-41-61-57(39-65(67)96-4)74(92)84-55(26-27-79-61)37-51-12-6-8-14-62(51)84/h6-9,12-15,19-22,27,34-36,39-42,47,55-56,59-60,78H,10-11,16-17,24-26,28-33,37-38,43-46H2,1-5H3,(H2,77,86)(H,80,90)(H,81,87)(H,82,91)(H,88,89)/b79-27-/t55-,56?,59?,60+/m1/s1. The fourth-order valence-corrected chi connectivity index (χ4v) is 12.4. The monoisotopic (exact) mass is 1400 g/mol. The third kappa shape index (κ3) is 19.1. The molecule has 7 N–H and O–H groups in total. The van der Waals surface area contributed by atoms with Crippen molar-refractivity contribution in [1.82, 2.24) is 10.6 Å². The highest BCUT2D eigenvalue weighted by atomic mass is 16.6. The first-order chi connectivity index (χ1) is 49.4. The molecular formula is C76H85N9O17. The molecule has 4 atom stereocenters. The number of ether oxygens (including phenoxy) is 8. The number of fused-ring (bicyclic) bond motifs is 8. The molecule has 4 heterocycles. The highest BCUT2D eigenvalue weighted by molar-refractivity contribution is 6.15. The number of aliphatic carboxylic acids is 1. The van der Waals surface area contributed by atoms with Crippen molar-refractivity contribution in [2.45, 2.75) is 116 Å². The molecule has 7 amide bonds. The molecule has 6 aromatic carbocycles. The number of anilines is 5. The van der Waals surface area contributed by atoms with E-state index in [4.69, 9.17) is 53.7 Å². The molecule has 10 rings (SSSR count). The minimum absolute atomic E-state index is 0.0279. The number of rotatable bonds is 33. The van der Waals surface area contributed by atoms with Gasteiger partial charge in [0.05, 0.1) is 82.3 Å². The number of primary amides is 1. The van der Waals surface area contributed by atoms with Gasteiger partial charge in [-0.1, -0.05) is 74.2 Å². The predicted octanol–water partition coefficient (Wildman–Crippen LogP) is 8.84. The molecule has 4 aliphatic rings. The highest BCUT2D eigenvalue weighted by Crippen LogP contribution is 2.45. The largest absolute Gasteiger partial charge is 0.493 e. The van der Waals surface area contributed by atoms with Crippen LogP contribution in [0.4, 0.5) is 38.9 Å². The number of aliphatic imine (C=N–C) groups is 1. The Bertz CT molecular complexity index is 4150. The number of methoxy groups -OCH3 is 3. The molecule has 0 bridgehead atoms. The lowest BCUT2D eigenvalue weighted by Gasteiger charge is -2.27. The van der Waals surface area contributed by atoms with Crippen molar-refractivity contribution in [2.24, 2.45) is 16.6 Å². The number of carboxylic acids is 1. The minimum Gasteiger partial charge on any atom is -0.493 e. The summed E-state index contributed by atoms with van der Waals surface area (Å²) in [5.74, 6) is 2.27. The summed E-state index contributed by atoms with van der Waals surface area (Å²) in [6.45, 7) is 5.94. The summed E-state index contributed by atoms with van der Waals surface area (Å²) < 4.78 is 47.5. The van der Waals surface area contributed by atoms with Crippen LogP contribution in [0, 0.1) is 17.8 Å². The Morgan fingerprint density at radius 1 is 0.627 bits per heavy atom. The molecule has 0 aliphatic carbocycles. The third-order valence-electron chi connectivity index (χ3n) is 17.4. The van der Waals surface area contributed by atoms with Gasteiger partial charge in [-0.15, -0.1) is 0 Å². The number of amides is 7. The first-order valence-corrected chi connectivity index (χ1v) is 33.9. The zero-order valence-electron chi connectivity index (χ0n) is 57.7. The molecule has 0 saturated carbocycles. The van der Waals surface area contributed by atoms with Gasteiger partial charge < -0.3 is 79.8 Å². The maximum absolute atomic E-state index is 15.0. The summed E-state index contributed by atoms with van der Waals surface area (Å²) in [6.07, 6.45) is 2.70. The number of carboxylic acid groups (broad SMARTS) is 1. The normalized spacial score (nSPS) is 15.6. The van der Waals surface area contributed by atoms with Gasteiger partial charge in [0.2, 0.25) is 17.7 Å². The van der Waals surface area contributed by atoms with Gasteiger partial charge in [0.15, 0.2) is 29.0 Å². The number of benzene rings is 6. The maximum atomic E-state index is 15.0. The Labute approximate surface area is 591 Å². The first-order valence-electron chi connectivity index (χ1n) is 33.9. The number of hydrogen-bond acceptors (Lipinski definition) is 18. The molecule has 6 aromatic rings. The average Bonchev–Trinajstić information content (AvgIpc) is 1.59. The van der Waals surface area contributed by atoms with Gasteiger partial charge in [-0.25, -0.2) is 4.79 Å². The Hall–Kier alpha value is -11.0. The van der Waals surface area contributed by atoms with E-state index in [0.29, 0.717) is 92.0 Å². The third-order valence-corrected chi connectivity index (χ3v) is 17.4. The van der Waals surface area contributed by atoms with Gasteiger partial charge in [0.1, 0.15) is 25.9 Å². The van der Waals surface area contributed by atoms with Gasteiger partial charge in [0, 0.05) is 92.4 Å². The lowest BCUT2D eigenvalue weighted by atomic mass is 10.1. The van der Waals surface area contributed by atoms with Crippen LogP contribution in [-0.2, 0) is 75.6 Å². The summed E-state index contributed by atoms with van der Waals surface area (Å²) in [6, 6.07) is 31.0. The number of nitrogens with zero attached hydrogens (tertiary/aromatic N) is 4. The first kappa shape index (κ1) is 73.7. The lowest BCUT2D eigenvalue weighted by molar-refractivity contribution is -0.137. The molecule has 26 heteroatoms. The fraction of sp³-hybridized carbons (Fsp3) is 0.382. The minimum atomic E-state index is -1.37. The zero-order valence-corrected chi connectivity index (χ0v) is 57.7. The van der Waals surface area contributed by atoms with Crippen LogP contribution in [-0.4, -0.2) is 150 Å². The Kier molecular flexibility index (Phi) is 25.5. The van der Waals surface area contributed by atoms with Crippen LogP contribution in [0.5, 0.6) is 23.0 Å². The molecule has 536 valence electrons. The van der Waals surface area contributed by atoms with Crippen molar-refractivity contribution in [1.29, 1.82) is 0 Å². The van der Waals surface area contributed by atoms with E-state index < -0.39 is 53.8 Å². The Balaban J connectivity index is 0.858. The van der Waals surface area contributed by atoms with Crippen LogP contribution < -0.4 is 60.6 Å². The molecule has 0 saturated heterocycles. The van der Waals surface area contributed by atoms with Gasteiger partial charge in [-0.05, 0) is 115 Å². The van der Waals surface area contributed by atoms with Gasteiger partial charge in [0.25, 0.3) is 17.7 Å². The van der Waals surface area contributed by atoms with Crippen molar-refractivity contribution >= 4 is 87.8 Å². The summed E-state index contributed by atoms with van der Waals surface area (Å²) in [5.41, 5.74) is 13.3. The summed E-state index contributed by atoms with van der Waals surface area (Å²) in [4.78, 5) is 117. The molecule has 0 aromatic heterocycles. The zero-order chi connectivity index (χ0) is 72.2. The van der Waals surface area contributed by atoms with E-state index in [1.165, 1.54) is 19.1 Å². The number of para-hydroxylation sites is 2. The lowest BCUT2D eigenvalue weighted by Crippen LogP contribution is -2.52. The second kappa shape index (κ2) is 35.3. The van der Waals surface area contributed by atoms with E-state index in [-0.39, 0.29) is 117 Å². The summed E-state index contributed by atoms with van der Waals surface area (Å²) in [5, 5.41) is 20.3. The Morgan fingerprint density at radius 3 is 1.90 bits per heavy atom. The molecule has 4 aliphatic heterocycles. The van der Waals surface area contributed by atoms with E-state index in [0.717, 1.165) is 34.5 Å². The molecular weight excluding hydrogens is 1310 g/mol. The van der Waals surface area contributed by atoms with Crippen LogP contribution in [0.25, 0.3) is 0 Å². The highest BCUT2D eigenvalue weighted by Gasteiger charge is 2.43. The number of hydrogen-bond donors (Lipinski definition) is 6. The maximum Gasteiger partial charge on any atom is 0.414 e. The van der Waals surface area contributed by atoms with Crippen LogP contribution >= 0.6 is 0 Å². The Morgan fingerprint density at radius 2 is 1.25 bits per heavy atom. The van der Waals surface area contributed by atoms with Gasteiger partial charge in [-0.3, -0.25) is 43.5 Å². The van der Waals surface area contributed by atoms with Crippen molar-refractivity contribution in [3.8, 4) is 34.8 Å². The fourth-order valence-electron chi connectivity index (χ4n) is 12.4. The quantitative estimate of drug-likeness (QED) is 0.0165. The topological polar surface area (TPSA) is 327 Å². The van der Waals surface area contributed by atoms with E-state index in [2.05, 4.69) is 33.1 Å². The van der Waals surface area contributed by atoms with Gasteiger partial charge in [-0.2, -0.15) is 0 Å². The van der Waals surface area contributed by atoms with E-state index in [9.17, 15) is 38.4 Å². The summed E-state index contributed by atoms with van der Waals surface area (Å²) >= 11 is 0. The number of nitrogens with one attached hydrogen (secondary N) is 4. The average molecular weight is 1400 g/mol. The molecule has 0 radical (unpaired) electrons. The molecule has 0 fully saturated rings. The van der Waals surface area contributed by atoms with Crippen LogP contribution in [0.3, 0.4) is 0 Å². The van der Waals surface area contributed by atoms with E-state index in [1.54, 1.807) is 74.4 Å². The number of carbonyl (C=O) groups is 8. The van der Waals surface area contributed by atoms with Crippen LogP contribution in [0.1, 0.15) is 107 Å². The van der Waals surface area contributed by atoms with Crippen molar-refractivity contribution in [3.63, 3.8) is 0 Å². The van der Waals surface area contributed by atoms with E-state index in [1.807, 2.05) is 77.8 Å². The number of carbonyl (C=O) groups excluding carboxylic acids is 7.